The first-order valence-corrected chi connectivity index (χ1v) is 8.44. The molecule has 0 radical (unpaired) electrons. The molecule has 0 aromatic carbocycles. The second-order valence-corrected chi connectivity index (χ2v) is 6.42. The number of carbonyl (C=O) groups is 1. The van der Waals surface area contributed by atoms with E-state index in [-0.39, 0.29) is 17.9 Å². The van der Waals surface area contributed by atoms with Crippen molar-refractivity contribution in [3.05, 3.63) is 29.7 Å². The van der Waals surface area contributed by atoms with Crippen molar-refractivity contribution in [3.8, 4) is 0 Å². The predicted octanol–water partition coefficient (Wildman–Crippen LogP) is -0.658. The molecular weight excluding hydrogens is 320 g/mol. The Labute approximate surface area is 145 Å². The third kappa shape index (κ3) is 2.81. The zero-order valence-electron chi connectivity index (χ0n) is 14.0. The lowest BCUT2D eigenvalue weighted by Gasteiger charge is -2.28. The lowest BCUT2D eigenvalue weighted by molar-refractivity contribution is -0.123. The fraction of sp³-hybridized carbons (Fsp3) is 0.438. The minimum atomic E-state index is -0.131. The van der Waals surface area contributed by atoms with E-state index in [1.807, 2.05) is 12.3 Å². The SMILES string of the molecule is CNC(=O)[C@@H]1CC[C@H](c2cc(N)n3ncc(C4=CNNC4)c3n2)CN1. The number of hydrogen-bond donors (Lipinski definition) is 5. The van der Waals surface area contributed by atoms with Crippen LogP contribution in [0, 0.1) is 0 Å². The molecule has 0 bridgehead atoms. The first-order chi connectivity index (χ1) is 12.2. The van der Waals surface area contributed by atoms with Crippen molar-refractivity contribution in [1.82, 2.24) is 36.1 Å². The molecule has 2 aliphatic rings. The summed E-state index contributed by atoms with van der Waals surface area (Å²) in [5, 5.41) is 10.4. The number of aromatic nitrogens is 3. The van der Waals surface area contributed by atoms with Crippen molar-refractivity contribution in [1.29, 1.82) is 0 Å². The Morgan fingerprint density at radius 3 is 3.00 bits per heavy atom. The highest BCUT2D eigenvalue weighted by molar-refractivity contribution is 5.81. The van der Waals surface area contributed by atoms with E-state index >= 15 is 0 Å². The highest BCUT2D eigenvalue weighted by Gasteiger charge is 2.27. The minimum Gasteiger partial charge on any atom is -0.384 e. The quantitative estimate of drug-likeness (QED) is 0.502. The summed E-state index contributed by atoms with van der Waals surface area (Å²) in [4.78, 5) is 16.6. The molecule has 0 saturated carbocycles. The summed E-state index contributed by atoms with van der Waals surface area (Å²) in [6, 6.07) is 1.75. The fourth-order valence-electron chi connectivity index (χ4n) is 3.46. The highest BCUT2D eigenvalue weighted by atomic mass is 16.2. The number of fused-ring (bicyclic) bond motifs is 1. The summed E-state index contributed by atoms with van der Waals surface area (Å²) >= 11 is 0. The van der Waals surface area contributed by atoms with Crippen LogP contribution in [0.25, 0.3) is 11.2 Å². The van der Waals surface area contributed by atoms with E-state index in [0.29, 0.717) is 18.9 Å². The van der Waals surface area contributed by atoms with Gasteiger partial charge in [-0.3, -0.25) is 4.79 Å². The van der Waals surface area contributed by atoms with Gasteiger partial charge in [-0.2, -0.15) is 9.61 Å². The normalized spacial score (nSPS) is 23.3. The predicted molar refractivity (Wildman–Crippen MR) is 94.3 cm³/mol. The van der Waals surface area contributed by atoms with Crippen molar-refractivity contribution in [3.63, 3.8) is 0 Å². The van der Waals surface area contributed by atoms with Gasteiger partial charge in [-0.15, -0.1) is 0 Å². The Hall–Kier alpha value is -2.65. The number of hydrogen-bond acceptors (Lipinski definition) is 7. The number of nitrogens with one attached hydrogen (secondary N) is 4. The molecule has 1 amide bonds. The van der Waals surface area contributed by atoms with E-state index in [1.54, 1.807) is 17.8 Å². The molecule has 0 spiro atoms. The zero-order chi connectivity index (χ0) is 17.4. The van der Waals surface area contributed by atoms with Gasteiger partial charge in [0.2, 0.25) is 5.91 Å². The number of anilines is 1. The van der Waals surface area contributed by atoms with Gasteiger partial charge in [-0.1, -0.05) is 0 Å². The molecule has 4 heterocycles. The summed E-state index contributed by atoms with van der Waals surface area (Å²) in [6.45, 7) is 1.42. The summed E-state index contributed by atoms with van der Waals surface area (Å²) < 4.78 is 1.67. The van der Waals surface area contributed by atoms with E-state index in [0.717, 1.165) is 35.3 Å². The maximum atomic E-state index is 11.8. The summed E-state index contributed by atoms with van der Waals surface area (Å²) in [5.74, 6) is 0.830. The molecule has 9 heteroatoms. The van der Waals surface area contributed by atoms with Crippen LogP contribution in [0.15, 0.2) is 18.5 Å². The van der Waals surface area contributed by atoms with Gasteiger partial charge in [0.25, 0.3) is 0 Å². The monoisotopic (exact) mass is 342 g/mol. The molecule has 2 aliphatic heterocycles. The number of nitrogen functional groups attached to an aromatic ring is 1. The Morgan fingerprint density at radius 2 is 2.32 bits per heavy atom. The molecule has 0 unspecified atom stereocenters. The molecule has 2 aromatic heterocycles. The largest absolute Gasteiger partial charge is 0.384 e. The molecule has 25 heavy (non-hydrogen) atoms. The topological polar surface area (TPSA) is 121 Å². The molecule has 132 valence electrons. The first-order valence-electron chi connectivity index (χ1n) is 8.44. The number of piperidine rings is 1. The number of nitrogens with zero attached hydrogens (tertiary/aromatic N) is 3. The van der Waals surface area contributed by atoms with Crippen molar-refractivity contribution >= 4 is 22.9 Å². The summed E-state index contributed by atoms with van der Waals surface area (Å²) in [7, 11) is 1.66. The van der Waals surface area contributed by atoms with Gasteiger partial charge >= 0.3 is 0 Å². The molecule has 1 saturated heterocycles. The molecule has 9 nitrogen and oxygen atoms in total. The van der Waals surface area contributed by atoms with E-state index < -0.39 is 0 Å². The average Bonchev–Trinajstić information content (AvgIpc) is 3.30. The number of likely N-dealkylation sites (N-methyl/N-ethyl adjacent to an activating group) is 1. The summed E-state index contributed by atoms with van der Waals surface area (Å²) in [6.07, 6.45) is 5.38. The van der Waals surface area contributed by atoms with Gasteiger partial charge in [0.1, 0.15) is 5.82 Å². The Bertz CT molecular complexity index is 834. The van der Waals surface area contributed by atoms with E-state index in [2.05, 4.69) is 26.6 Å². The minimum absolute atomic E-state index is 0.0348. The number of nitrogens with two attached hydrogens (primary N) is 1. The smallest absolute Gasteiger partial charge is 0.236 e. The molecule has 4 rings (SSSR count). The van der Waals surface area contributed by atoms with Gasteiger partial charge in [0.05, 0.1) is 17.9 Å². The fourth-order valence-corrected chi connectivity index (χ4v) is 3.46. The molecule has 1 fully saturated rings. The van der Waals surface area contributed by atoms with Crippen LogP contribution < -0.4 is 27.2 Å². The summed E-state index contributed by atoms with van der Waals surface area (Å²) in [5.41, 5.74) is 16.0. The van der Waals surface area contributed by atoms with Crippen molar-refractivity contribution in [2.24, 2.45) is 0 Å². The highest BCUT2D eigenvalue weighted by Crippen LogP contribution is 2.28. The molecule has 2 aromatic rings. The van der Waals surface area contributed by atoms with Crippen LogP contribution in [0.1, 0.15) is 30.0 Å². The second-order valence-electron chi connectivity index (χ2n) is 6.42. The zero-order valence-corrected chi connectivity index (χ0v) is 14.0. The van der Waals surface area contributed by atoms with Crippen LogP contribution in [0.4, 0.5) is 5.82 Å². The van der Waals surface area contributed by atoms with Gasteiger partial charge < -0.3 is 21.8 Å². The lowest BCUT2D eigenvalue weighted by atomic mass is 9.91. The van der Waals surface area contributed by atoms with Gasteiger partial charge in [-0.05, 0) is 18.4 Å². The molecule has 2 atom stereocenters. The lowest BCUT2D eigenvalue weighted by Crippen LogP contribution is -2.47. The Morgan fingerprint density at radius 1 is 1.44 bits per heavy atom. The Kier molecular flexibility index (Phi) is 4.02. The standard InChI is InChI=1S/C16H22N8O/c1-18-16(25)12-3-2-9(5-19-12)13-4-14(17)24-15(23-13)11(8-22-24)10-6-20-21-7-10/h4,6,8-9,12,19-21H,2-3,5,7,17H2,1H3,(H,18,25)/t9-,12-/m0/s1. The van der Waals surface area contributed by atoms with E-state index in [1.165, 1.54) is 0 Å². The maximum Gasteiger partial charge on any atom is 0.236 e. The second kappa shape index (κ2) is 6.34. The van der Waals surface area contributed by atoms with E-state index in [4.69, 9.17) is 10.7 Å². The molecular formula is C16H22N8O. The van der Waals surface area contributed by atoms with Gasteiger partial charge in [0.15, 0.2) is 5.65 Å². The molecule has 6 N–H and O–H groups in total. The number of hydrazine groups is 1. The van der Waals surface area contributed by atoms with E-state index in [9.17, 15) is 4.79 Å². The van der Waals surface area contributed by atoms with Crippen molar-refractivity contribution in [2.75, 3.05) is 25.9 Å². The van der Waals surface area contributed by atoms with Crippen LogP contribution in [-0.2, 0) is 4.79 Å². The van der Waals surface area contributed by atoms with Crippen molar-refractivity contribution in [2.45, 2.75) is 24.8 Å². The van der Waals surface area contributed by atoms with Crippen LogP contribution in [0.5, 0.6) is 0 Å². The van der Waals surface area contributed by atoms with Gasteiger partial charge in [-0.25, -0.2) is 10.4 Å². The third-order valence-electron chi connectivity index (χ3n) is 4.89. The number of amides is 1. The van der Waals surface area contributed by atoms with Crippen LogP contribution >= 0.6 is 0 Å². The van der Waals surface area contributed by atoms with Crippen LogP contribution in [-0.4, -0.2) is 46.7 Å². The maximum absolute atomic E-state index is 11.8. The number of carbonyl (C=O) groups excluding carboxylic acids is 1. The van der Waals surface area contributed by atoms with Crippen LogP contribution in [0.3, 0.4) is 0 Å². The molecule has 0 aliphatic carbocycles. The first kappa shape index (κ1) is 15.9. The third-order valence-corrected chi connectivity index (χ3v) is 4.89. The Balaban J connectivity index is 1.62. The average molecular weight is 342 g/mol. The van der Waals surface area contributed by atoms with Crippen molar-refractivity contribution < 1.29 is 4.79 Å². The number of rotatable bonds is 3. The van der Waals surface area contributed by atoms with Crippen LogP contribution in [0.2, 0.25) is 0 Å². The van der Waals surface area contributed by atoms with Gasteiger partial charge in [0, 0.05) is 43.9 Å².